The molecular formula is C24H29F3N4O2. The molecule has 1 atom stereocenters. The van der Waals surface area contributed by atoms with E-state index >= 15 is 0 Å². The maximum atomic E-state index is 12.7. The quantitative estimate of drug-likeness (QED) is 0.698. The minimum atomic E-state index is -4.43. The Bertz CT molecular complexity index is 951. The summed E-state index contributed by atoms with van der Waals surface area (Å²) in [5.74, 6) is 0.752. The van der Waals surface area contributed by atoms with Gasteiger partial charge in [0.05, 0.1) is 11.1 Å². The van der Waals surface area contributed by atoms with Crippen LogP contribution in [0.4, 0.5) is 19.0 Å². The summed E-state index contributed by atoms with van der Waals surface area (Å²) in [4.78, 5) is 33.1. The second-order valence-corrected chi connectivity index (χ2v) is 8.76. The van der Waals surface area contributed by atoms with E-state index in [0.29, 0.717) is 43.5 Å². The number of hydrogen-bond donors (Lipinski definition) is 1. The molecule has 6 nitrogen and oxygen atoms in total. The number of carbonyl (C=O) groups is 2. The van der Waals surface area contributed by atoms with Gasteiger partial charge in [-0.05, 0) is 55.7 Å². The number of halogens is 3. The fourth-order valence-corrected chi connectivity index (χ4v) is 3.90. The van der Waals surface area contributed by atoms with Crippen molar-refractivity contribution in [2.75, 3.05) is 31.1 Å². The van der Waals surface area contributed by atoms with Gasteiger partial charge in [0.15, 0.2) is 0 Å². The van der Waals surface area contributed by atoms with Gasteiger partial charge >= 0.3 is 6.18 Å². The second kappa shape index (κ2) is 10.2. The maximum absolute atomic E-state index is 12.7. The summed E-state index contributed by atoms with van der Waals surface area (Å²) >= 11 is 0. The summed E-state index contributed by atoms with van der Waals surface area (Å²) in [6.07, 6.45) is -1.98. The molecular weight excluding hydrogens is 433 g/mol. The molecule has 1 aliphatic heterocycles. The predicted octanol–water partition coefficient (Wildman–Crippen LogP) is 4.23. The molecule has 1 fully saturated rings. The molecule has 1 saturated heterocycles. The lowest BCUT2D eigenvalue weighted by Gasteiger charge is -2.35. The highest BCUT2D eigenvalue weighted by Gasteiger charge is 2.31. The first-order valence-corrected chi connectivity index (χ1v) is 11.0. The van der Waals surface area contributed by atoms with Crippen LogP contribution in [0.1, 0.15) is 53.5 Å². The predicted molar refractivity (Wildman–Crippen MR) is 120 cm³/mol. The topological polar surface area (TPSA) is 65.5 Å². The largest absolute Gasteiger partial charge is 0.416 e. The average Bonchev–Trinajstić information content (AvgIpc) is 2.77. The Kier molecular flexibility index (Phi) is 7.61. The summed E-state index contributed by atoms with van der Waals surface area (Å²) in [6.45, 7) is 8.12. The molecule has 1 unspecified atom stereocenters. The summed E-state index contributed by atoms with van der Waals surface area (Å²) in [5, 5.41) is 2.97. The van der Waals surface area contributed by atoms with Gasteiger partial charge in [-0.25, -0.2) is 4.98 Å². The van der Waals surface area contributed by atoms with E-state index < -0.39 is 11.7 Å². The normalized spacial score (nSPS) is 15.5. The molecule has 2 aromatic rings. The van der Waals surface area contributed by atoms with E-state index in [9.17, 15) is 22.8 Å². The number of nitrogens with zero attached hydrogens (tertiary/aromatic N) is 3. The van der Waals surface area contributed by atoms with Crippen LogP contribution in [0.15, 0.2) is 42.6 Å². The number of pyridine rings is 1. The molecule has 178 valence electrons. The number of amides is 2. The summed E-state index contributed by atoms with van der Waals surface area (Å²) in [5.41, 5.74) is -0.0523. The van der Waals surface area contributed by atoms with Crippen molar-refractivity contribution in [2.45, 2.75) is 39.4 Å². The first-order valence-electron chi connectivity index (χ1n) is 11.0. The van der Waals surface area contributed by atoms with Gasteiger partial charge in [-0.2, -0.15) is 13.2 Å². The highest BCUT2D eigenvalue weighted by molar-refractivity contribution is 5.95. The molecule has 1 aromatic carbocycles. The molecule has 0 spiro atoms. The Labute approximate surface area is 191 Å². The fourth-order valence-electron chi connectivity index (χ4n) is 3.90. The van der Waals surface area contributed by atoms with Gasteiger partial charge in [0.1, 0.15) is 5.82 Å². The van der Waals surface area contributed by atoms with E-state index in [2.05, 4.69) is 24.1 Å². The van der Waals surface area contributed by atoms with Crippen molar-refractivity contribution in [3.05, 3.63) is 59.3 Å². The van der Waals surface area contributed by atoms with Crippen molar-refractivity contribution in [3.8, 4) is 0 Å². The van der Waals surface area contributed by atoms with Crippen molar-refractivity contribution >= 4 is 17.6 Å². The molecule has 2 heterocycles. The van der Waals surface area contributed by atoms with Crippen LogP contribution in [0.25, 0.3) is 0 Å². The van der Waals surface area contributed by atoms with Gasteiger partial charge in [-0.1, -0.05) is 13.8 Å². The third-order valence-corrected chi connectivity index (χ3v) is 5.56. The molecule has 0 aliphatic carbocycles. The average molecular weight is 463 g/mol. The van der Waals surface area contributed by atoms with Crippen molar-refractivity contribution < 1.29 is 22.8 Å². The van der Waals surface area contributed by atoms with E-state index in [0.717, 1.165) is 18.6 Å². The minimum absolute atomic E-state index is 0.0763. The summed E-state index contributed by atoms with van der Waals surface area (Å²) in [6, 6.07) is 7.88. The fraction of sp³-hybridized carbons (Fsp3) is 0.458. The van der Waals surface area contributed by atoms with Crippen LogP contribution in [-0.4, -0.2) is 53.9 Å². The number of nitrogens with one attached hydrogen (secondary N) is 1. The van der Waals surface area contributed by atoms with Crippen molar-refractivity contribution in [1.82, 2.24) is 15.2 Å². The number of alkyl halides is 3. The van der Waals surface area contributed by atoms with Crippen LogP contribution in [0.2, 0.25) is 0 Å². The van der Waals surface area contributed by atoms with Crippen LogP contribution in [0.3, 0.4) is 0 Å². The van der Waals surface area contributed by atoms with E-state index in [1.165, 1.54) is 12.1 Å². The van der Waals surface area contributed by atoms with Crippen LogP contribution >= 0.6 is 0 Å². The monoisotopic (exact) mass is 462 g/mol. The Hall–Kier alpha value is -3.10. The van der Waals surface area contributed by atoms with Gasteiger partial charge in [-0.3, -0.25) is 9.59 Å². The van der Waals surface area contributed by atoms with Crippen molar-refractivity contribution in [1.29, 1.82) is 0 Å². The molecule has 0 radical (unpaired) electrons. The minimum Gasteiger partial charge on any atom is -0.353 e. The maximum Gasteiger partial charge on any atom is 0.416 e. The Morgan fingerprint density at radius 2 is 1.58 bits per heavy atom. The third-order valence-electron chi connectivity index (χ3n) is 5.56. The van der Waals surface area contributed by atoms with Crippen molar-refractivity contribution in [3.63, 3.8) is 0 Å². The van der Waals surface area contributed by atoms with E-state index in [4.69, 9.17) is 0 Å². The molecule has 1 N–H and O–H groups in total. The lowest BCUT2D eigenvalue weighted by Crippen LogP contribution is -2.49. The summed E-state index contributed by atoms with van der Waals surface area (Å²) < 4.78 is 38.2. The lowest BCUT2D eigenvalue weighted by atomic mass is 10.1. The molecule has 2 amide bonds. The molecule has 1 aliphatic rings. The highest BCUT2D eigenvalue weighted by Crippen LogP contribution is 2.29. The van der Waals surface area contributed by atoms with Gasteiger partial charge in [0.2, 0.25) is 0 Å². The number of hydrogen-bond acceptors (Lipinski definition) is 4. The number of rotatable bonds is 6. The first kappa shape index (κ1) is 24.5. The third kappa shape index (κ3) is 6.46. The highest BCUT2D eigenvalue weighted by atomic mass is 19.4. The molecule has 0 bridgehead atoms. The zero-order valence-corrected chi connectivity index (χ0v) is 19.0. The molecule has 0 saturated carbocycles. The van der Waals surface area contributed by atoms with Crippen molar-refractivity contribution in [2.24, 2.45) is 5.92 Å². The number of anilines is 1. The van der Waals surface area contributed by atoms with Crippen LogP contribution in [-0.2, 0) is 6.18 Å². The van der Waals surface area contributed by atoms with Gasteiger partial charge in [0.25, 0.3) is 11.8 Å². The Balaban J connectivity index is 1.54. The van der Waals surface area contributed by atoms with E-state index in [1.807, 2.05) is 11.8 Å². The van der Waals surface area contributed by atoms with Gasteiger partial charge in [0, 0.05) is 44.0 Å². The zero-order valence-electron chi connectivity index (χ0n) is 19.0. The smallest absolute Gasteiger partial charge is 0.353 e. The van der Waals surface area contributed by atoms with Gasteiger partial charge < -0.3 is 15.1 Å². The number of carbonyl (C=O) groups excluding carboxylic acids is 2. The second-order valence-electron chi connectivity index (χ2n) is 8.76. The zero-order chi connectivity index (χ0) is 24.2. The number of piperazine rings is 1. The Morgan fingerprint density at radius 3 is 2.09 bits per heavy atom. The van der Waals surface area contributed by atoms with E-state index in [1.54, 1.807) is 23.2 Å². The Morgan fingerprint density at radius 1 is 0.970 bits per heavy atom. The SMILES string of the molecule is CC(C)CC(C)NC(=O)c1ccc(N2CCN(C(=O)c3ccc(C(F)(F)F)cc3)CC2)nc1. The standard InChI is InChI=1S/C24H29F3N4O2/c1-16(2)14-17(3)29-22(32)19-6-9-21(28-15-19)30-10-12-31(13-11-30)23(33)18-4-7-20(8-5-18)24(25,26)27/h4-9,15-17H,10-14H2,1-3H3,(H,29,32). The molecule has 3 rings (SSSR count). The number of aromatic nitrogens is 1. The number of benzene rings is 1. The first-order chi connectivity index (χ1) is 15.5. The lowest BCUT2D eigenvalue weighted by molar-refractivity contribution is -0.137. The molecule has 9 heteroatoms. The molecule has 33 heavy (non-hydrogen) atoms. The van der Waals surface area contributed by atoms with Crippen LogP contribution < -0.4 is 10.2 Å². The van der Waals surface area contributed by atoms with Gasteiger partial charge in [-0.15, -0.1) is 0 Å². The molecule has 1 aromatic heterocycles. The summed E-state index contributed by atoms with van der Waals surface area (Å²) in [7, 11) is 0. The van der Waals surface area contributed by atoms with E-state index in [-0.39, 0.29) is 23.4 Å². The van der Waals surface area contributed by atoms with Crippen LogP contribution in [0.5, 0.6) is 0 Å². The van der Waals surface area contributed by atoms with Crippen LogP contribution in [0, 0.1) is 5.92 Å².